The van der Waals surface area contributed by atoms with Crippen LogP contribution in [0.25, 0.3) is 10.9 Å². The van der Waals surface area contributed by atoms with Gasteiger partial charge in [0.2, 0.25) is 5.95 Å². The van der Waals surface area contributed by atoms with Crippen molar-refractivity contribution in [2.24, 2.45) is 0 Å². The zero-order chi connectivity index (χ0) is 11.0. The molecular formula is C10H13N5. The van der Waals surface area contributed by atoms with Crippen molar-refractivity contribution in [2.75, 3.05) is 11.5 Å². The van der Waals surface area contributed by atoms with Crippen molar-refractivity contribution >= 4 is 22.7 Å². The molecule has 2 aromatic rings. The predicted octanol–water partition coefficient (Wildman–Crippen LogP) is 1.31. The van der Waals surface area contributed by atoms with Gasteiger partial charge in [-0.3, -0.25) is 0 Å². The lowest BCUT2D eigenvalue weighted by Crippen LogP contribution is -2.04. The molecule has 5 heteroatoms. The first kappa shape index (κ1) is 9.64. The van der Waals surface area contributed by atoms with E-state index >= 15 is 0 Å². The number of fused-ring (bicyclic) bond motifs is 1. The number of pyridine rings is 1. The average molecular weight is 203 g/mol. The molecule has 0 aromatic carbocycles. The smallest absolute Gasteiger partial charge is 0.220 e. The van der Waals surface area contributed by atoms with Gasteiger partial charge >= 0.3 is 0 Å². The number of aromatic nitrogens is 3. The summed E-state index contributed by atoms with van der Waals surface area (Å²) >= 11 is 0. The molecule has 0 saturated carbocycles. The molecule has 2 aromatic heterocycles. The molecule has 5 nitrogen and oxygen atoms in total. The van der Waals surface area contributed by atoms with Crippen LogP contribution in [0.15, 0.2) is 12.3 Å². The normalized spacial score (nSPS) is 11.1. The fourth-order valence-corrected chi connectivity index (χ4v) is 1.56. The Morgan fingerprint density at radius 3 is 2.60 bits per heavy atom. The quantitative estimate of drug-likeness (QED) is 0.729. The van der Waals surface area contributed by atoms with Gasteiger partial charge in [-0.1, -0.05) is 13.8 Å². The summed E-state index contributed by atoms with van der Waals surface area (Å²) in [5.41, 5.74) is 12.9. The summed E-state index contributed by atoms with van der Waals surface area (Å²) in [4.78, 5) is 12.3. The second-order valence-corrected chi connectivity index (χ2v) is 3.71. The van der Waals surface area contributed by atoms with Crippen molar-refractivity contribution in [1.29, 1.82) is 0 Å². The average Bonchev–Trinajstić information content (AvgIpc) is 2.18. The van der Waals surface area contributed by atoms with Gasteiger partial charge in [-0.25, -0.2) is 15.0 Å². The first-order valence-corrected chi connectivity index (χ1v) is 4.77. The van der Waals surface area contributed by atoms with Crippen LogP contribution in [0.3, 0.4) is 0 Å². The highest BCUT2D eigenvalue weighted by molar-refractivity contribution is 5.89. The van der Waals surface area contributed by atoms with Crippen molar-refractivity contribution in [1.82, 2.24) is 15.0 Å². The molecule has 0 unspecified atom stereocenters. The molecule has 78 valence electrons. The van der Waals surface area contributed by atoms with E-state index in [4.69, 9.17) is 11.5 Å². The molecule has 0 atom stereocenters. The predicted molar refractivity (Wildman–Crippen MR) is 60.2 cm³/mol. The van der Waals surface area contributed by atoms with Crippen LogP contribution in [0.1, 0.15) is 25.5 Å². The van der Waals surface area contributed by atoms with Crippen LogP contribution in [-0.2, 0) is 0 Å². The Kier molecular flexibility index (Phi) is 2.15. The highest BCUT2D eigenvalue weighted by Gasteiger charge is 2.11. The molecule has 0 bridgehead atoms. The fraction of sp³-hybridized carbons (Fsp3) is 0.300. The summed E-state index contributed by atoms with van der Waals surface area (Å²) in [6.07, 6.45) is 1.66. The monoisotopic (exact) mass is 203 g/mol. The van der Waals surface area contributed by atoms with E-state index in [1.165, 1.54) is 0 Å². The van der Waals surface area contributed by atoms with Crippen molar-refractivity contribution < 1.29 is 0 Å². The summed E-state index contributed by atoms with van der Waals surface area (Å²) in [6, 6.07) is 1.86. The van der Waals surface area contributed by atoms with E-state index in [-0.39, 0.29) is 11.9 Å². The molecule has 0 aliphatic rings. The van der Waals surface area contributed by atoms with Gasteiger partial charge in [0.25, 0.3) is 0 Å². The van der Waals surface area contributed by atoms with Gasteiger partial charge in [0, 0.05) is 11.6 Å². The Hall–Kier alpha value is -1.91. The van der Waals surface area contributed by atoms with Gasteiger partial charge < -0.3 is 11.5 Å². The number of anilines is 2. The lowest BCUT2D eigenvalue weighted by atomic mass is 10.1. The molecular weight excluding hydrogens is 190 g/mol. The van der Waals surface area contributed by atoms with Gasteiger partial charge in [0.1, 0.15) is 11.3 Å². The number of hydrogen-bond acceptors (Lipinski definition) is 5. The van der Waals surface area contributed by atoms with Crippen LogP contribution in [-0.4, -0.2) is 15.0 Å². The van der Waals surface area contributed by atoms with E-state index in [9.17, 15) is 0 Å². The fourth-order valence-electron chi connectivity index (χ4n) is 1.56. The summed E-state index contributed by atoms with van der Waals surface area (Å²) in [7, 11) is 0. The van der Waals surface area contributed by atoms with Crippen LogP contribution in [0.4, 0.5) is 11.8 Å². The van der Waals surface area contributed by atoms with Gasteiger partial charge in [-0.15, -0.1) is 0 Å². The van der Waals surface area contributed by atoms with Crippen LogP contribution in [0, 0.1) is 0 Å². The molecule has 4 N–H and O–H groups in total. The third kappa shape index (κ3) is 1.56. The zero-order valence-corrected chi connectivity index (χ0v) is 8.73. The van der Waals surface area contributed by atoms with Crippen molar-refractivity contribution in [2.45, 2.75) is 19.8 Å². The number of nitrogens with zero attached hydrogens (tertiary/aromatic N) is 3. The highest BCUT2D eigenvalue weighted by atomic mass is 15.0. The summed E-state index contributed by atoms with van der Waals surface area (Å²) in [5.74, 6) is 0.911. The molecule has 0 aliphatic carbocycles. The Bertz CT molecular complexity index is 506. The standard InChI is InChI=1S/C10H13N5/c1-5(2)7-6-3-4-13-9(11)8(6)15-10(12)14-7/h3-5H,1-2H3,(H2,11,13)(H2,12,14,15). The first-order valence-electron chi connectivity index (χ1n) is 4.77. The van der Waals surface area contributed by atoms with Gasteiger partial charge in [-0.2, -0.15) is 0 Å². The minimum Gasteiger partial charge on any atom is -0.382 e. The third-order valence-electron chi connectivity index (χ3n) is 2.24. The maximum atomic E-state index is 5.74. The van der Waals surface area contributed by atoms with Crippen LogP contribution in [0.5, 0.6) is 0 Å². The van der Waals surface area contributed by atoms with Crippen LogP contribution >= 0.6 is 0 Å². The van der Waals surface area contributed by atoms with Gasteiger partial charge in [0.15, 0.2) is 0 Å². The maximum Gasteiger partial charge on any atom is 0.220 e. The topological polar surface area (TPSA) is 90.7 Å². The molecule has 0 saturated heterocycles. The van der Waals surface area contributed by atoms with E-state index in [2.05, 4.69) is 28.8 Å². The second kappa shape index (κ2) is 3.34. The minimum atomic E-state index is 0.242. The first-order chi connectivity index (χ1) is 7.09. The number of hydrogen-bond donors (Lipinski definition) is 2. The number of nitrogens with two attached hydrogens (primary N) is 2. The van der Waals surface area contributed by atoms with Gasteiger partial charge in [-0.05, 0) is 12.0 Å². The lowest BCUT2D eigenvalue weighted by molar-refractivity contribution is 0.831. The lowest BCUT2D eigenvalue weighted by Gasteiger charge is -2.09. The van der Waals surface area contributed by atoms with Crippen molar-refractivity contribution in [3.8, 4) is 0 Å². The summed E-state index contributed by atoms with van der Waals surface area (Å²) < 4.78 is 0. The van der Waals surface area contributed by atoms with E-state index in [1.807, 2.05) is 6.07 Å². The third-order valence-corrected chi connectivity index (χ3v) is 2.24. The van der Waals surface area contributed by atoms with Crippen molar-refractivity contribution in [3.63, 3.8) is 0 Å². The molecule has 0 radical (unpaired) electrons. The molecule has 15 heavy (non-hydrogen) atoms. The zero-order valence-electron chi connectivity index (χ0n) is 8.73. The molecule has 0 amide bonds. The second-order valence-electron chi connectivity index (χ2n) is 3.71. The molecule has 2 heterocycles. The van der Waals surface area contributed by atoms with E-state index < -0.39 is 0 Å². The SMILES string of the molecule is CC(C)c1nc(N)nc2c(N)nccc12. The number of nitrogen functional groups attached to an aromatic ring is 2. The largest absolute Gasteiger partial charge is 0.382 e. The van der Waals surface area contributed by atoms with E-state index in [0.29, 0.717) is 11.3 Å². The van der Waals surface area contributed by atoms with E-state index in [1.54, 1.807) is 6.20 Å². The summed E-state index contributed by atoms with van der Waals surface area (Å²) in [6.45, 7) is 4.11. The Balaban J connectivity index is 2.86. The Morgan fingerprint density at radius 1 is 1.20 bits per heavy atom. The van der Waals surface area contributed by atoms with Crippen molar-refractivity contribution in [3.05, 3.63) is 18.0 Å². The summed E-state index contributed by atoms with van der Waals surface area (Å²) in [5, 5.41) is 0.923. The van der Waals surface area contributed by atoms with E-state index in [0.717, 1.165) is 11.1 Å². The molecule has 0 spiro atoms. The molecule has 2 rings (SSSR count). The Morgan fingerprint density at radius 2 is 1.93 bits per heavy atom. The maximum absolute atomic E-state index is 5.74. The molecule has 0 aliphatic heterocycles. The van der Waals surface area contributed by atoms with Crippen LogP contribution in [0.2, 0.25) is 0 Å². The molecule has 0 fully saturated rings. The minimum absolute atomic E-state index is 0.242. The Labute approximate surface area is 87.5 Å². The van der Waals surface area contributed by atoms with Gasteiger partial charge in [0.05, 0.1) is 5.69 Å². The highest BCUT2D eigenvalue weighted by Crippen LogP contribution is 2.25. The number of rotatable bonds is 1. The van der Waals surface area contributed by atoms with Crippen LogP contribution < -0.4 is 11.5 Å².